The Morgan fingerprint density at radius 2 is 1.91 bits per heavy atom. The summed E-state index contributed by atoms with van der Waals surface area (Å²) in [6.45, 7) is 0.642. The molecule has 1 aliphatic heterocycles. The molecule has 0 fully saturated rings. The molecule has 0 bridgehead atoms. The maximum atomic E-state index is 12.2. The Morgan fingerprint density at radius 1 is 1.14 bits per heavy atom. The molecule has 0 saturated carbocycles. The summed E-state index contributed by atoms with van der Waals surface area (Å²) in [4.78, 5) is 12.2. The standard InChI is InChI=1S/C16H13Cl2NO3/c17-12-3-1-10(2-4-12)5-6-19-16(20)11-7-13(18)15-14(8-11)21-9-22-15/h1-4,7-8H,5-6,9H2,(H,19,20). The van der Waals surface area contributed by atoms with E-state index in [9.17, 15) is 4.79 Å². The molecule has 0 spiro atoms. The Bertz CT molecular complexity index is 701. The highest BCUT2D eigenvalue weighted by molar-refractivity contribution is 6.32. The monoisotopic (exact) mass is 337 g/mol. The zero-order valence-electron chi connectivity index (χ0n) is 11.6. The molecule has 0 atom stereocenters. The van der Waals surface area contributed by atoms with Crippen molar-refractivity contribution in [3.05, 3.63) is 57.6 Å². The van der Waals surface area contributed by atoms with Crippen molar-refractivity contribution in [2.75, 3.05) is 13.3 Å². The minimum atomic E-state index is -0.200. The van der Waals surface area contributed by atoms with Crippen LogP contribution in [0, 0.1) is 0 Å². The summed E-state index contributed by atoms with van der Waals surface area (Å²) in [5.41, 5.74) is 1.55. The predicted molar refractivity (Wildman–Crippen MR) is 85.1 cm³/mol. The average molecular weight is 338 g/mol. The first-order valence-corrected chi connectivity index (χ1v) is 7.51. The Morgan fingerprint density at radius 3 is 2.68 bits per heavy atom. The van der Waals surface area contributed by atoms with E-state index in [1.807, 2.05) is 24.3 Å². The molecule has 0 aliphatic carbocycles. The van der Waals surface area contributed by atoms with E-state index in [2.05, 4.69) is 5.32 Å². The lowest BCUT2D eigenvalue weighted by atomic mass is 10.1. The number of benzene rings is 2. The summed E-state index contributed by atoms with van der Waals surface area (Å²) in [5.74, 6) is 0.781. The Labute approximate surface area is 137 Å². The minimum absolute atomic E-state index is 0.122. The normalized spacial score (nSPS) is 12.3. The number of hydrogen-bond donors (Lipinski definition) is 1. The molecule has 22 heavy (non-hydrogen) atoms. The second kappa shape index (κ2) is 6.46. The molecule has 3 rings (SSSR count). The molecular formula is C16H13Cl2NO3. The summed E-state index contributed by atoms with van der Waals surface area (Å²) in [7, 11) is 0. The number of carbonyl (C=O) groups is 1. The summed E-state index contributed by atoms with van der Waals surface area (Å²) >= 11 is 11.9. The molecule has 0 radical (unpaired) electrons. The van der Waals surface area contributed by atoms with E-state index in [0.29, 0.717) is 33.7 Å². The van der Waals surface area contributed by atoms with Crippen molar-refractivity contribution in [3.8, 4) is 11.5 Å². The van der Waals surface area contributed by atoms with Gasteiger partial charge in [-0.25, -0.2) is 0 Å². The van der Waals surface area contributed by atoms with Crippen LogP contribution in [0.5, 0.6) is 11.5 Å². The topological polar surface area (TPSA) is 47.6 Å². The van der Waals surface area contributed by atoms with Gasteiger partial charge in [-0.15, -0.1) is 0 Å². The fraction of sp³-hybridized carbons (Fsp3) is 0.188. The third kappa shape index (κ3) is 3.29. The van der Waals surface area contributed by atoms with Gasteiger partial charge in [0.15, 0.2) is 11.5 Å². The van der Waals surface area contributed by atoms with Crippen molar-refractivity contribution >= 4 is 29.1 Å². The Kier molecular flexibility index (Phi) is 4.41. The average Bonchev–Trinajstić information content (AvgIpc) is 2.98. The first kappa shape index (κ1) is 15.0. The fourth-order valence-corrected chi connectivity index (χ4v) is 2.56. The number of nitrogens with one attached hydrogen (secondary N) is 1. The summed E-state index contributed by atoms with van der Waals surface area (Å²) in [6.07, 6.45) is 0.723. The fourth-order valence-electron chi connectivity index (χ4n) is 2.17. The van der Waals surface area contributed by atoms with Crippen LogP contribution in [-0.2, 0) is 6.42 Å². The molecule has 1 N–H and O–H groups in total. The van der Waals surface area contributed by atoms with Gasteiger partial charge in [0.05, 0.1) is 5.02 Å². The number of ether oxygens (including phenoxy) is 2. The molecule has 0 unspecified atom stereocenters. The zero-order valence-corrected chi connectivity index (χ0v) is 13.1. The van der Waals surface area contributed by atoms with Gasteiger partial charge in [0, 0.05) is 17.1 Å². The van der Waals surface area contributed by atoms with Gasteiger partial charge in [-0.1, -0.05) is 35.3 Å². The second-order valence-corrected chi connectivity index (χ2v) is 5.67. The van der Waals surface area contributed by atoms with Crippen LogP contribution in [0.25, 0.3) is 0 Å². The number of fused-ring (bicyclic) bond motifs is 1. The highest BCUT2D eigenvalue weighted by Crippen LogP contribution is 2.39. The predicted octanol–water partition coefficient (Wildman–Crippen LogP) is 3.69. The summed E-state index contributed by atoms with van der Waals surface area (Å²) < 4.78 is 10.5. The number of carbonyl (C=O) groups excluding carboxylic acids is 1. The molecule has 1 aliphatic rings. The highest BCUT2D eigenvalue weighted by atomic mass is 35.5. The quantitative estimate of drug-likeness (QED) is 0.925. The van der Waals surface area contributed by atoms with Crippen molar-refractivity contribution in [2.45, 2.75) is 6.42 Å². The Hall–Kier alpha value is -1.91. The number of amides is 1. The first-order valence-electron chi connectivity index (χ1n) is 6.75. The molecule has 1 heterocycles. The van der Waals surface area contributed by atoms with E-state index >= 15 is 0 Å². The van der Waals surface area contributed by atoms with Crippen molar-refractivity contribution in [1.29, 1.82) is 0 Å². The number of rotatable bonds is 4. The lowest BCUT2D eigenvalue weighted by Gasteiger charge is -2.07. The van der Waals surface area contributed by atoms with Gasteiger partial charge in [-0.2, -0.15) is 0 Å². The third-order valence-corrected chi connectivity index (χ3v) is 3.83. The number of hydrogen-bond acceptors (Lipinski definition) is 3. The van der Waals surface area contributed by atoms with Crippen LogP contribution < -0.4 is 14.8 Å². The maximum Gasteiger partial charge on any atom is 0.251 e. The SMILES string of the molecule is O=C(NCCc1ccc(Cl)cc1)c1cc(Cl)c2c(c1)OCO2. The Balaban J connectivity index is 1.60. The minimum Gasteiger partial charge on any atom is -0.454 e. The molecule has 2 aromatic carbocycles. The van der Waals surface area contributed by atoms with Crippen molar-refractivity contribution < 1.29 is 14.3 Å². The van der Waals surface area contributed by atoms with Crippen molar-refractivity contribution in [1.82, 2.24) is 5.32 Å². The molecule has 114 valence electrons. The first-order chi connectivity index (χ1) is 10.6. The summed E-state index contributed by atoms with van der Waals surface area (Å²) in [5, 5.41) is 3.92. The molecule has 6 heteroatoms. The van der Waals surface area contributed by atoms with E-state index in [1.54, 1.807) is 12.1 Å². The van der Waals surface area contributed by atoms with Crippen molar-refractivity contribution in [3.63, 3.8) is 0 Å². The lowest BCUT2D eigenvalue weighted by molar-refractivity contribution is 0.0953. The van der Waals surface area contributed by atoms with Crippen LogP contribution in [-0.4, -0.2) is 19.2 Å². The van der Waals surface area contributed by atoms with E-state index in [0.717, 1.165) is 12.0 Å². The van der Waals surface area contributed by atoms with Crippen LogP contribution in [0.2, 0.25) is 10.0 Å². The molecule has 4 nitrogen and oxygen atoms in total. The van der Waals surface area contributed by atoms with Crippen LogP contribution in [0.1, 0.15) is 15.9 Å². The van der Waals surface area contributed by atoms with Gasteiger partial charge in [0.2, 0.25) is 6.79 Å². The van der Waals surface area contributed by atoms with Gasteiger partial charge in [-0.05, 0) is 36.2 Å². The van der Waals surface area contributed by atoms with Crippen molar-refractivity contribution in [2.24, 2.45) is 0 Å². The molecule has 1 amide bonds. The third-order valence-electron chi connectivity index (χ3n) is 3.30. The van der Waals surface area contributed by atoms with Crippen LogP contribution in [0.3, 0.4) is 0 Å². The van der Waals surface area contributed by atoms with E-state index in [-0.39, 0.29) is 12.7 Å². The van der Waals surface area contributed by atoms with Gasteiger partial charge in [0.1, 0.15) is 0 Å². The van der Waals surface area contributed by atoms with E-state index in [1.165, 1.54) is 0 Å². The van der Waals surface area contributed by atoms with Crippen LogP contribution in [0.15, 0.2) is 36.4 Å². The summed E-state index contributed by atoms with van der Waals surface area (Å²) in [6, 6.07) is 10.7. The zero-order chi connectivity index (χ0) is 15.5. The van der Waals surface area contributed by atoms with Gasteiger partial charge >= 0.3 is 0 Å². The molecule has 0 saturated heterocycles. The smallest absolute Gasteiger partial charge is 0.251 e. The maximum absolute atomic E-state index is 12.2. The van der Waals surface area contributed by atoms with Gasteiger partial charge in [0.25, 0.3) is 5.91 Å². The van der Waals surface area contributed by atoms with Crippen LogP contribution in [0.4, 0.5) is 0 Å². The molecule has 2 aromatic rings. The van der Waals surface area contributed by atoms with Gasteiger partial charge in [-0.3, -0.25) is 4.79 Å². The van der Waals surface area contributed by atoms with E-state index in [4.69, 9.17) is 32.7 Å². The molecule has 0 aromatic heterocycles. The lowest BCUT2D eigenvalue weighted by Crippen LogP contribution is -2.25. The van der Waals surface area contributed by atoms with Crippen LogP contribution >= 0.6 is 23.2 Å². The number of halogens is 2. The molecular weight excluding hydrogens is 325 g/mol. The van der Waals surface area contributed by atoms with Gasteiger partial charge < -0.3 is 14.8 Å². The second-order valence-electron chi connectivity index (χ2n) is 4.82. The largest absolute Gasteiger partial charge is 0.454 e. The van der Waals surface area contributed by atoms with E-state index < -0.39 is 0 Å². The highest BCUT2D eigenvalue weighted by Gasteiger charge is 2.20.